The van der Waals surface area contributed by atoms with Crippen LogP contribution in [0, 0.1) is 12.3 Å². The molecule has 0 saturated heterocycles. The molecule has 0 atom stereocenters. The maximum Gasteiger partial charge on any atom is 0.344 e. The van der Waals surface area contributed by atoms with Gasteiger partial charge in [-0.3, -0.25) is 4.79 Å². The highest BCUT2D eigenvalue weighted by molar-refractivity contribution is 6.31. The van der Waals surface area contributed by atoms with Crippen LogP contribution in [0.25, 0.3) is 0 Å². The lowest BCUT2D eigenvalue weighted by atomic mass is 10.0. The highest BCUT2D eigenvalue weighted by Gasteiger charge is 2.17. The molecular formula is C19H15ClO4. The van der Waals surface area contributed by atoms with Gasteiger partial charge in [0.15, 0.2) is 12.4 Å². The van der Waals surface area contributed by atoms with Gasteiger partial charge in [-0.2, -0.15) is 0 Å². The first-order valence-corrected chi connectivity index (χ1v) is 7.62. The van der Waals surface area contributed by atoms with Crippen LogP contribution < -0.4 is 4.74 Å². The van der Waals surface area contributed by atoms with E-state index in [-0.39, 0.29) is 30.3 Å². The molecule has 2 aromatic carbocycles. The van der Waals surface area contributed by atoms with E-state index in [0.29, 0.717) is 16.1 Å². The number of carbonyl (C=O) groups is 2. The number of benzene rings is 2. The zero-order valence-corrected chi connectivity index (χ0v) is 13.8. The highest BCUT2D eigenvalue weighted by Crippen LogP contribution is 2.26. The summed E-state index contributed by atoms with van der Waals surface area (Å²) in [7, 11) is 0. The molecule has 24 heavy (non-hydrogen) atoms. The van der Waals surface area contributed by atoms with Crippen molar-refractivity contribution in [2.45, 2.75) is 6.92 Å². The van der Waals surface area contributed by atoms with Gasteiger partial charge in [0.25, 0.3) is 0 Å². The Kier molecular flexibility index (Phi) is 6.00. The summed E-state index contributed by atoms with van der Waals surface area (Å²) in [5.41, 5.74) is 1.26. The number of ether oxygens (including phenoxy) is 2. The number of esters is 1. The van der Waals surface area contributed by atoms with Gasteiger partial charge in [-0.1, -0.05) is 29.7 Å². The fourth-order valence-electron chi connectivity index (χ4n) is 2.05. The smallest absolute Gasteiger partial charge is 0.344 e. The minimum Gasteiger partial charge on any atom is -0.481 e. The van der Waals surface area contributed by atoms with Crippen LogP contribution in [0.2, 0.25) is 5.02 Å². The van der Waals surface area contributed by atoms with E-state index in [4.69, 9.17) is 27.5 Å². The summed E-state index contributed by atoms with van der Waals surface area (Å²) in [4.78, 5) is 24.2. The summed E-state index contributed by atoms with van der Waals surface area (Å²) in [6.45, 7) is 1.67. The summed E-state index contributed by atoms with van der Waals surface area (Å²) in [5, 5.41) is 0.384. The van der Waals surface area contributed by atoms with Crippen molar-refractivity contribution >= 4 is 23.4 Å². The summed E-state index contributed by atoms with van der Waals surface area (Å²) in [6, 6.07) is 11.3. The molecule has 5 heteroatoms. The van der Waals surface area contributed by atoms with Crippen LogP contribution >= 0.6 is 11.6 Å². The quantitative estimate of drug-likeness (QED) is 0.458. The van der Waals surface area contributed by atoms with Crippen molar-refractivity contribution in [2.24, 2.45) is 0 Å². The van der Waals surface area contributed by atoms with E-state index in [2.05, 4.69) is 5.92 Å². The van der Waals surface area contributed by atoms with Crippen molar-refractivity contribution in [1.29, 1.82) is 0 Å². The molecule has 2 aromatic rings. The molecule has 0 heterocycles. The third-order valence-corrected chi connectivity index (χ3v) is 3.36. The zero-order chi connectivity index (χ0) is 17.5. The van der Waals surface area contributed by atoms with Crippen LogP contribution in [0.5, 0.6) is 5.75 Å². The summed E-state index contributed by atoms with van der Waals surface area (Å²) in [6.07, 6.45) is 5.36. The highest BCUT2D eigenvalue weighted by atomic mass is 35.5. The maximum atomic E-state index is 12.7. The third kappa shape index (κ3) is 4.37. The monoisotopic (exact) mass is 342 g/mol. The molecule has 2 rings (SSSR count). The fraction of sp³-hybridized carbons (Fsp3) is 0.158. The summed E-state index contributed by atoms with van der Waals surface area (Å²) >= 11 is 5.99. The Bertz CT molecular complexity index is 805. The number of halogens is 1. The van der Waals surface area contributed by atoms with E-state index in [0.717, 1.165) is 0 Å². The third-order valence-electron chi connectivity index (χ3n) is 3.13. The van der Waals surface area contributed by atoms with Gasteiger partial charge in [0.2, 0.25) is 0 Å². The molecule has 4 nitrogen and oxygen atoms in total. The lowest BCUT2D eigenvalue weighted by Crippen LogP contribution is -2.16. The average Bonchev–Trinajstić information content (AvgIpc) is 2.60. The van der Waals surface area contributed by atoms with Crippen molar-refractivity contribution in [2.75, 3.05) is 13.2 Å². The predicted molar refractivity (Wildman–Crippen MR) is 91.4 cm³/mol. The summed E-state index contributed by atoms with van der Waals surface area (Å²) in [5.74, 6) is 1.92. The van der Waals surface area contributed by atoms with Crippen molar-refractivity contribution < 1.29 is 19.1 Å². The predicted octanol–water partition coefficient (Wildman–Crippen LogP) is 3.49. The van der Waals surface area contributed by atoms with Gasteiger partial charge in [0, 0.05) is 16.1 Å². The molecule has 0 saturated carbocycles. The lowest BCUT2D eigenvalue weighted by Gasteiger charge is -2.11. The first-order chi connectivity index (χ1) is 11.5. The van der Waals surface area contributed by atoms with Gasteiger partial charge in [-0.25, -0.2) is 4.79 Å². The lowest BCUT2D eigenvalue weighted by molar-refractivity contribution is -0.145. The van der Waals surface area contributed by atoms with Gasteiger partial charge in [-0.15, -0.1) is 6.42 Å². The molecule has 0 fully saturated rings. The van der Waals surface area contributed by atoms with Crippen LogP contribution in [0.4, 0.5) is 0 Å². The SMILES string of the molecule is C#Cc1cccc(C(=O)c2cc(Cl)ccc2OCC(=O)OCC)c1. The Morgan fingerprint density at radius 2 is 2.00 bits per heavy atom. The minimum absolute atomic E-state index is 0.251. The molecule has 0 aliphatic rings. The maximum absolute atomic E-state index is 12.7. The molecule has 0 aliphatic heterocycles. The summed E-state index contributed by atoms with van der Waals surface area (Å²) < 4.78 is 10.2. The van der Waals surface area contributed by atoms with E-state index in [1.807, 2.05) is 0 Å². The van der Waals surface area contributed by atoms with Gasteiger partial charge in [0.05, 0.1) is 12.2 Å². The number of carbonyl (C=O) groups excluding carboxylic acids is 2. The van der Waals surface area contributed by atoms with Crippen molar-refractivity contribution in [1.82, 2.24) is 0 Å². The van der Waals surface area contributed by atoms with Gasteiger partial charge < -0.3 is 9.47 Å². The van der Waals surface area contributed by atoms with Gasteiger partial charge >= 0.3 is 5.97 Å². The number of ketones is 1. The molecular weight excluding hydrogens is 328 g/mol. The molecule has 0 spiro atoms. The fourth-order valence-corrected chi connectivity index (χ4v) is 2.22. The molecule has 0 radical (unpaired) electrons. The van der Waals surface area contributed by atoms with Crippen molar-refractivity contribution in [3.8, 4) is 18.1 Å². The average molecular weight is 343 g/mol. The van der Waals surface area contributed by atoms with E-state index in [1.54, 1.807) is 43.3 Å². The number of hydrogen-bond acceptors (Lipinski definition) is 4. The Labute approximate surface area is 145 Å². The molecule has 0 aliphatic carbocycles. The van der Waals surface area contributed by atoms with E-state index >= 15 is 0 Å². The molecule has 0 unspecified atom stereocenters. The zero-order valence-electron chi connectivity index (χ0n) is 13.0. The molecule has 0 N–H and O–H groups in total. The first-order valence-electron chi connectivity index (χ1n) is 7.24. The largest absolute Gasteiger partial charge is 0.481 e. The molecule has 0 bridgehead atoms. The van der Waals surface area contributed by atoms with E-state index in [9.17, 15) is 9.59 Å². The number of hydrogen-bond donors (Lipinski definition) is 0. The Hall–Kier alpha value is -2.77. The Morgan fingerprint density at radius 3 is 2.71 bits per heavy atom. The normalized spacial score (nSPS) is 9.88. The van der Waals surface area contributed by atoms with Crippen LogP contribution in [-0.2, 0) is 9.53 Å². The second-order valence-electron chi connectivity index (χ2n) is 4.79. The van der Waals surface area contributed by atoms with Gasteiger partial charge in [0.1, 0.15) is 5.75 Å². The van der Waals surface area contributed by atoms with E-state index < -0.39 is 5.97 Å². The topological polar surface area (TPSA) is 52.6 Å². The number of rotatable bonds is 6. The van der Waals surface area contributed by atoms with Crippen molar-refractivity contribution in [3.63, 3.8) is 0 Å². The molecule has 0 aromatic heterocycles. The molecule has 0 amide bonds. The van der Waals surface area contributed by atoms with Crippen molar-refractivity contribution in [3.05, 3.63) is 64.2 Å². The van der Waals surface area contributed by atoms with E-state index in [1.165, 1.54) is 6.07 Å². The van der Waals surface area contributed by atoms with Crippen LogP contribution in [0.1, 0.15) is 28.4 Å². The van der Waals surface area contributed by atoms with Crippen LogP contribution in [0.3, 0.4) is 0 Å². The second kappa shape index (κ2) is 8.19. The van der Waals surface area contributed by atoms with Crippen LogP contribution in [0.15, 0.2) is 42.5 Å². The number of terminal acetylenes is 1. The second-order valence-corrected chi connectivity index (χ2v) is 5.22. The Balaban J connectivity index is 2.31. The molecule has 122 valence electrons. The Morgan fingerprint density at radius 1 is 1.21 bits per heavy atom. The van der Waals surface area contributed by atoms with Crippen LogP contribution in [-0.4, -0.2) is 25.0 Å². The standard InChI is InChI=1S/C19H15ClO4/c1-3-13-6-5-7-14(10-13)19(22)16-11-15(20)8-9-17(16)24-12-18(21)23-4-2/h1,5-11H,4,12H2,2H3. The first kappa shape index (κ1) is 17.6. The van der Waals surface area contributed by atoms with Gasteiger partial charge in [-0.05, 0) is 37.3 Å². The minimum atomic E-state index is -0.514.